The summed E-state index contributed by atoms with van der Waals surface area (Å²) in [5.41, 5.74) is 1.40. The Morgan fingerprint density at radius 1 is 1.39 bits per heavy atom. The SMILES string of the molecule is CCc1cc(C2(C(=O)OC)COC2)ccc1OC. The Balaban J connectivity index is 2.41. The van der Waals surface area contributed by atoms with Gasteiger partial charge in [-0.3, -0.25) is 4.79 Å². The zero-order valence-corrected chi connectivity index (χ0v) is 11.0. The van der Waals surface area contributed by atoms with Crippen LogP contribution in [0.3, 0.4) is 0 Å². The number of carbonyl (C=O) groups excluding carboxylic acids is 1. The highest BCUT2D eigenvalue weighted by Crippen LogP contribution is 2.36. The lowest BCUT2D eigenvalue weighted by Crippen LogP contribution is -2.53. The Bertz CT molecular complexity index is 449. The fourth-order valence-corrected chi connectivity index (χ4v) is 2.26. The first-order chi connectivity index (χ1) is 8.67. The predicted molar refractivity (Wildman–Crippen MR) is 66.9 cm³/mol. The van der Waals surface area contributed by atoms with Gasteiger partial charge in [0, 0.05) is 0 Å². The van der Waals surface area contributed by atoms with Crippen LogP contribution in [0, 0.1) is 0 Å². The lowest BCUT2D eigenvalue weighted by atomic mass is 9.78. The molecular weight excluding hydrogens is 232 g/mol. The molecule has 1 aliphatic rings. The van der Waals surface area contributed by atoms with Crippen LogP contribution in [0.5, 0.6) is 5.75 Å². The summed E-state index contributed by atoms with van der Waals surface area (Å²) in [4.78, 5) is 11.9. The van der Waals surface area contributed by atoms with Gasteiger partial charge in [-0.05, 0) is 23.6 Å². The van der Waals surface area contributed by atoms with E-state index in [0.29, 0.717) is 13.2 Å². The second kappa shape index (κ2) is 4.98. The maximum atomic E-state index is 11.9. The van der Waals surface area contributed by atoms with Crippen molar-refractivity contribution in [2.75, 3.05) is 27.4 Å². The summed E-state index contributed by atoms with van der Waals surface area (Å²) in [6, 6.07) is 5.83. The molecule has 1 fully saturated rings. The van der Waals surface area contributed by atoms with Crippen molar-refractivity contribution in [1.29, 1.82) is 0 Å². The number of esters is 1. The molecule has 1 heterocycles. The zero-order valence-electron chi connectivity index (χ0n) is 11.0. The smallest absolute Gasteiger partial charge is 0.321 e. The van der Waals surface area contributed by atoms with Gasteiger partial charge in [-0.25, -0.2) is 0 Å². The Kier molecular flexibility index (Phi) is 3.57. The highest BCUT2D eigenvalue weighted by molar-refractivity contribution is 5.84. The number of benzene rings is 1. The lowest BCUT2D eigenvalue weighted by Gasteiger charge is -2.39. The van der Waals surface area contributed by atoms with E-state index in [0.717, 1.165) is 23.3 Å². The maximum Gasteiger partial charge on any atom is 0.321 e. The van der Waals surface area contributed by atoms with Crippen molar-refractivity contribution in [2.45, 2.75) is 18.8 Å². The van der Waals surface area contributed by atoms with Crippen molar-refractivity contribution < 1.29 is 19.0 Å². The summed E-state index contributed by atoms with van der Waals surface area (Å²) in [5.74, 6) is 0.613. The number of hydrogen-bond acceptors (Lipinski definition) is 4. The number of rotatable bonds is 4. The molecular formula is C14H18O4. The van der Waals surface area contributed by atoms with Crippen LogP contribution in [0.1, 0.15) is 18.1 Å². The largest absolute Gasteiger partial charge is 0.496 e. The van der Waals surface area contributed by atoms with Gasteiger partial charge in [0.2, 0.25) is 0 Å². The molecule has 0 unspecified atom stereocenters. The first-order valence-electron chi connectivity index (χ1n) is 6.01. The molecule has 0 aliphatic carbocycles. The topological polar surface area (TPSA) is 44.8 Å². The van der Waals surface area contributed by atoms with Crippen LogP contribution in [0.2, 0.25) is 0 Å². The molecule has 4 nitrogen and oxygen atoms in total. The van der Waals surface area contributed by atoms with Crippen molar-refractivity contribution in [2.24, 2.45) is 0 Å². The second-order valence-corrected chi connectivity index (χ2v) is 4.45. The van der Waals surface area contributed by atoms with Crippen LogP contribution in [0.25, 0.3) is 0 Å². The van der Waals surface area contributed by atoms with Crippen molar-refractivity contribution in [3.05, 3.63) is 29.3 Å². The van der Waals surface area contributed by atoms with E-state index in [4.69, 9.17) is 14.2 Å². The summed E-state index contributed by atoms with van der Waals surface area (Å²) >= 11 is 0. The maximum absolute atomic E-state index is 11.9. The highest BCUT2D eigenvalue weighted by atomic mass is 16.5. The predicted octanol–water partition coefficient (Wildman–Crippen LogP) is 1.70. The van der Waals surface area contributed by atoms with Crippen LogP contribution in [-0.2, 0) is 26.1 Å². The van der Waals surface area contributed by atoms with Crippen molar-refractivity contribution >= 4 is 5.97 Å². The molecule has 98 valence electrons. The van der Waals surface area contributed by atoms with Gasteiger partial charge in [-0.15, -0.1) is 0 Å². The molecule has 2 rings (SSSR count). The molecule has 0 aromatic heterocycles. The molecule has 0 spiro atoms. The minimum absolute atomic E-state index is 0.235. The molecule has 0 amide bonds. The molecule has 1 saturated heterocycles. The molecule has 0 N–H and O–H groups in total. The van der Waals surface area contributed by atoms with E-state index >= 15 is 0 Å². The van der Waals surface area contributed by atoms with Crippen LogP contribution >= 0.6 is 0 Å². The second-order valence-electron chi connectivity index (χ2n) is 4.45. The third-order valence-electron chi connectivity index (χ3n) is 3.49. The van der Waals surface area contributed by atoms with E-state index in [9.17, 15) is 4.79 Å². The average molecular weight is 250 g/mol. The summed E-state index contributed by atoms with van der Waals surface area (Å²) < 4.78 is 15.4. The van der Waals surface area contributed by atoms with Gasteiger partial charge in [0.25, 0.3) is 0 Å². The van der Waals surface area contributed by atoms with Crippen LogP contribution < -0.4 is 4.74 Å². The third-order valence-corrected chi connectivity index (χ3v) is 3.49. The molecule has 4 heteroatoms. The van der Waals surface area contributed by atoms with Crippen molar-refractivity contribution in [1.82, 2.24) is 0 Å². The van der Waals surface area contributed by atoms with Crippen LogP contribution in [-0.4, -0.2) is 33.4 Å². The van der Waals surface area contributed by atoms with E-state index in [2.05, 4.69) is 6.92 Å². The minimum atomic E-state index is -0.634. The minimum Gasteiger partial charge on any atom is -0.496 e. The van der Waals surface area contributed by atoms with Gasteiger partial charge >= 0.3 is 5.97 Å². The van der Waals surface area contributed by atoms with Crippen molar-refractivity contribution in [3.63, 3.8) is 0 Å². The van der Waals surface area contributed by atoms with Crippen molar-refractivity contribution in [3.8, 4) is 5.75 Å². The van der Waals surface area contributed by atoms with E-state index in [1.165, 1.54) is 7.11 Å². The molecule has 1 aromatic carbocycles. The molecule has 0 bridgehead atoms. The number of ether oxygens (including phenoxy) is 3. The lowest BCUT2D eigenvalue weighted by molar-refractivity contribution is -0.166. The standard InChI is InChI=1S/C14H18O4/c1-4-10-7-11(5-6-12(10)16-2)14(8-18-9-14)13(15)17-3/h5-7H,4,8-9H2,1-3H3. The first-order valence-corrected chi connectivity index (χ1v) is 6.01. The van der Waals surface area contributed by atoms with Crippen LogP contribution in [0.4, 0.5) is 0 Å². The Morgan fingerprint density at radius 3 is 2.56 bits per heavy atom. The summed E-state index contributed by atoms with van der Waals surface area (Å²) in [6.07, 6.45) is 0.856. The van der Waals surface area contributed by atoms with E-state index in [1.54, 1.807) is 7.11 Å². The summed E-state index contributed by atoms with van der Waals surface area (Å²) in [7, 11) is 3.06. The number of carbonyl (C=O) groups is 1. The highest BCUT2D eigenvalue weighted by Gasteiger charge is 2.48. The Labute approximate surface area is 107 Å². The van der Waals surface area contributed by atoms with Gasteiger partial charge in [0.05, 0.1) is 27.4 Å². The van der Waals surface area contributed by atoms with Gasteiger partial charge in [0.1, 0.15) is 11.2 Å². The van der Waals surface area contributed by atoms with E-state index in [1.807, 2.05) is 18.2 Å². The summed E-state index contributed by atoms with van der Waals surface area (Å²) in [6.45, 7) is 2.83. The molecule has 0 saturated carbocycles. The normalized spacial score (nSPS) is 16.8. The Hall–Kier alpha value is -1.55. The van der Waals surface area contributed by atoms with Gasteiger partial charge < -0.3 is 14.2 Å². The molecule has 1 aliphatic heterocycles. The molecule has 18 heavy (non-hydrogen) atoms. The summed E-state index contributed by atoms with van der Waals surface area (Å²) in [5, 5.41) is 0. The Morgan fingerprint density at radius 2 is 2.11 bits per heavy atom. The fraction of sp³-hybridized carbons (Fsp3) is 0.500. The zero-order chi connectivity index (χ0) is 13.2. The first kappa shape index (κ1) is 12.9. The van der Waals surface area contributed by atoms with Gasteiger partial charge in [0.15, 0.2) is 0 Å². The van der Waals surface area contributed by atoms with E-state index in [-0.39, 0.29) is 5.97 Å². The van der Waals surface area contributed by atoms with Gasteiger partial charge in [-0.1, -0.05) is 19.1 Å². The third kappa shape index (κ3) is 1.86. The number of aryl methyl sites for hydroxylation is 1. The van der Waals surface area contributed by atoms with Crippen LogP contribution in [0.15, 0.2) is 18.2 Å². The van der Waals surface area contributed by atoms with E-state index < -0.39 is 5.41 Å². The monoisotopic (exact) mass is 250 g/mol. The molecule has 1 aromatic rings. The number of hydrogen-bond donors (Lipinski definition) is 0. The molecule has 0 radical (unpaired) electrons. The molecule has 0 atom stereocenters. The van der Waals surface area contributed by atoms with Gasteiger partial charge in [-0.2, -0.15) is 0 Å². The average Bonchev–Trinajstić information content (AvgIpc) is 2.36. The quantitative estimate of drug-likeness (QED) is 0.763. The fourth-order valence-electron chi connectivity index (χ4n) is 2.26. The number of methoxy groups -OCH3 is 2.